The van der Waals surface area contributed by atoms with Crippen molar-refractivity contribution in [3.63, 3.8) is 0 Å². The molecule has 0 saturated heterocycles. The van der Waals surface area contributed by atoms with Crippen LogP contribution >= 0.6 is 11.8 Å². The van der Waals surface area contributed by atoms with Crippen LogP contribution in [0.5, 0.6) is 5.75 Å². The summed E-state index contributed by atoms with van der Waals surface area (Å²) in [7, 11) is 0. The average Bonchev–Trinajstić information content (AvgIpc) is 2.83. The summed E-state index contributed by atoms with van der Waals surface area (Å²) < 4.78 is 0. The molecule has 36 heavy (non-hydrogen) atoms. The molecule has 0 aliphatic rings. The Balaban J connectivity index is 3.11. The van der Waals surface area contributed by atoms with Crippen molar-refractivity contribution >= 4 is 41.4 Å². The molecular weight excluding hydrogens is 496 g/mol. The van der Waals surface area contributed by atoms with Gasteiger partial charge in [0.05, 0.1) is 12.6 Å². The first-order chi connectivity index (χ1) is 17.0. The Morgan fingerprint density at radius 2 is 1.44 bits per heavy atom. The zero-order valence-electron chi connectivity index (χ0n) is 19.7. The molecule has 0 saturated carbocycles. The number of aliphatic hydroxyl groups excluding tert-OH is 1. The van der Waals surface area contributed by atoms with E-state index in [9.17, 15) is 34.2 Å². The molecular formula is C22H32N4O9S. The zero-order chi connectivity index (χ0) is 27.3. The molecule has 4 unspecified atom stereocenters. The van der Waals surface area contributed by atoms with E-state index in [1.807, 2.05) is 6.26 Å². The Morgan fingerprint density at radius 1 is 0.889 bits per heavy atom. The number of carbonyl (C=O) groups excluding carboxylic acids is 3. The summed E-state index contributed by atoms with van der Waals surface area (Å²) in [5, 5.41) is 43.8. The van der Waals surface area contributed by atoms with Crippen LogP contribution in [0.15, 0.2) is 24.3 Å². The van der Waals surface area contributed by atoms with Crippen molar-refractivity contribution in [2.24, 2.45) is 5.73 Å². The van der Waals surface area contributed by atoms with Gasteiger partial charge in [-0.2, -0.15) is 11.8 Å². The monoisotopic (exact) mass is 528 g/mol. The molecule has 9 N–H and O–H groups in total. The molecule has 0 fully saturated rings. The topological polar surface area (TPSA) is 228 Å². The fourth-order valence-corrected chi connectivity index (χ4v) is 3.49. The van der Waals surface area contributed by atoms with Crippen LogP contribution < -0.4 is 21.7 Å². The van der Waals surface area contributed by atoms with Crippen molar-refractivity contribution in [2.75, 3.05) is 18.6 Å². The number of rotatable bonds is 16. The summed E-state index contributed by atoms with van der Waals surface area (Å²) in [5.74, 6) is -4.63. The second kappa shape index (κ2) is 15.6. The molecule has 0 aliphatic heterocycles. The average molecular weight is 529 g/mol. The number of carboxylic acids is 2. The molecule has 13 nitrogen and oxygen atoms in total. The van der Waals surface area contributed by atoms with E-state index in [0.29, 0.717) is 17.7 Å². The first kappa shape index (κ1) is 30.7. The van der Waals surface area contributed by atoms with Crippen molar-refractivity contribution < 1.29 is 44.4 Å². The van der Waals surface area contributed by atoms with Gasteiger partial charge in [-0.15, -0.1) is 0 Å². The lowest BCUT2D eigenvalue weighted by atomic mass is 10.0. The number of aliphatic hydroxyl groups is 1. The van der Waals surface area contributed by atoms with Crippen molar-refractivity contribution in [3.8, 4) is 5.75 Å². The number of phenolic OH excluding ortho intramolecular Hbond substituents is 1. The maximum Gasteiger partial charge on any atom is 0.328 e. The number of amides is 3. The smallest absolute Gasteiger partial charge is 0.328 e. The molecule has 14 heteroatoms. The Bertz CT molecular complexity index is 913. The fourth-order valence-electron chi connectivity index (χ4n) is 3.00. The summed E-state index contributed by atoms with van der Waals surface area (Å²) in [6.45, 7) is -0.897. The highest BCUT2D eigenvalue weighted by Crippen LogP contribution is 2.12. The summed E-state index contributed by atoms with van der Waals surface area (Å²) in [5.41, 5.74) is 6.33. The minimum absolute atomic E-state index is 0.0377. The number of benzene rings is 1. The van der Waals surface area contributed by atoms with E-state index in [2.05, 4.69) is 16.0 Å². The van der Waals surface area contributed by atoms with Gasteiger partial charge in [-0.1, -0.05) is 12.1 Å². The first-order valence-electron chi connectivity index (χ1n) is 11.0. The number of hydrogen-bond donors (Lipinski definition) is 8. The number of carboxylic acid groups (broad SMARTS) is 2. The molecule has 1 rings (SSSR count). The Labute approximate surface area is 211 Å². The molecule has 1 aromatic rings. The number of nitrogens with one attached hydrogen (secondary N) is 3. The van der Waals surface area contributed by atoms with Crippen LogP contribution in [0.25, 0.3) is 0 Å². The number of aromatic hydroxyl groups is 1. The first-order valence-corrected chi connectivity index (χ1v) is 12.4. The number of hydrogen-bond acceptors (Lipinski definition) is 9. The molecule has 0 radical (unpaired) electrons. The maximum atomic E-state index is 13.0. The molecule has 0 heterocycles. The molecule has 3 amide bonds. The largest absolute Gasteiger partial charge is 0.508 e. The molecule has 0 aliphatic carbocycles. The van der Waals surface area contributed by atoms with Gasteiger partial charge in [-0.05, 0) is 42.5 Å². The number of thioether (sulfide) groups is 1. The lowest BCUT2D eigenvalue weighted by molar-refractivity contribution is -0.143. The third-order valence-corrected chi connectivity index (χ3v) is 5.70. The highest BCUT2D eigenvalue weighted by molar-refractivity contribution is 7.98. The third kappa shape index (κ3) is 10.9. The number of nitrogens with two attached hydrogens (primary N) is 1. The molecule has 1 aromatic carbocycles. The highest BCUT2D eigenvalue weighted by atomic mass is 32.2. The Hall–Kier alpha value is -3.36. The van der Waals surface area contributed by atoms with Crippen molar-refractivity contribution in [3.05, 3.63) is 29.8 Å². The van der Waals surface area contributed by atoms with Gasteiger partial charge in [0.25, 0.3) is 0 Å². The van der Waals surface area contributed by atoms with Crippen LogP contribution in [0.2, 0.25) is 0 Å². The summed E-state index contributed by atoms with van der Waals surface area (Å²) >= 11 is 1.47. The van der Waals surface area contributed by atoms with Gasteiger partial charge < -0.3 is 42.1 Å². The van der Waals surface area contributed by atoms with E-state index in [4.69, 9.17) is 15.9 Å². The highest BCUT2D eigenvalue weighted by Gasteiger charge is 2.30. The SMILES string of the molecule is CSCCC(N)C(=O)NC(CCC(=O)O)C(=O)NC(Cc1ccc(O)cc1)C(=O)NC(CO)C(=O)O. The summed E-state index contributed by atoms with van der Waals surface area (Å²) in [6.07, 6.45) is 1.27. The van der Waals surface area contributed by atoms with Gasteiger partial charge in [0.1, 0.15) is 23.9 Å². The van der Waals surface area contributed by atoms with Crippen LogP contribution in [0.3, 0.4) is 0 Å². The zero-order valence-corrected chi connectivity index (χ0v) is 20.5. The van der Waals surface area contributed by atoms with E-state index >= 15 is 0 Å². The predicted molar refractivity (Wildman–Crippen MR) is 130 cm³/mol. The standard InChI is InChI=1S/C22H32N4O9S/c1-36-9-8-14(23)19(31)24-15(6-7-18(29)30)20(32)25-16(10-12-2-4-13(28)5-3-12)21(33)26-17(11-27)22(34)35/h2-5,14-17,27-28H,6-11,23H2,1H3,(H,24,31)(H,25,32)(H,26,33)(H,29,30)(H,34,35). The van der Waals surface area contributed by atoms with Crippen LogP contribution in [0.4, 0.5) is 0 Å². The second-order valence-electron chi connectivity index (χ2n) is 7.90. The van der Waals surface area contributed by atoms with E-state index in [1.165, 1.54) is 36.0 Å². The van der Waals surface area contributed by atoms with E-state index < -0.39 is 66.9 Å². The van der Waals surface area contributed by atoms with E-state index in [-0.39, 0.29) is 18.6 Å². The van der Waals surface area contributed by atoms with Gasteiger partial charge in [0.2, 0.25) is 17.7 Å². The number of phenols is 1. The van der Waals surface area contributed by atoms with Crippen LogP contribution in [-0.2, 0) is 30.4 Å². The summed E-state index contributed by atoms with van der Waals surface area (Å²) in [6, 6.07) is 0.413. The molecule has 0 aromatic heterocycles. The van der Waals surface area contributed by atoms with Crippen LogP contribution in [0, 0.1) is 0 Å². The van der Waals surface area contributed by atoms with E-state index in [1.54, 1.807) is 0 Å². The quantitative estimate of drug-likeness (QED) is 0.122. The van der Waals surface area contributed by atoms with Crippen LogP contribution in [0.1, 0.15) is 24.8 Å². The minimum Gasteiger partial charge on any atom is -0.508 e. The second-order valence-corrected chi connectivity index (χ2v) is 8.88. The third-order valence-electron chi connectivity index (χ3n) is 5.06. The van der Waals surface area contributed by atoms with Gasteiger partial charge in [-0.3, -0.25) is 19.2 Å². The maximum absolute atomic E-state index is 13.0. The lowest BCUT2D eigenvalue weighted by Crippen LogP contribution is -2.58. The normalized spacial score (nSPS) is 14.1. The van der Waals surface area contributed by atoms with Gasteiger partial charge in [0.15, 0.2) is 0 Å². The van der Waals surface area contributed by atoms with E-state index in [0.717, 1.165) is 0 Å². The lowest BCUT2D eigenvalue weighted by Gasteiger charge is -2.25. The summed E-state index contributed by atoms with van der Waals surface area (Å²) in [4.78, 5) is 60.6. The van der Waals surface area contributed by atoms with Crippen molar-refractivity contribution in [1.29, 1.82) is 0 Å². The van der Waals surface area contributed by atoms with Gasteiger partial charge in [0, 0.05) is 12.8 Å². The Morgan fingerprint density at radius 3 is 1.97 bits per heavy atom. The van der Waals surface area contributed by atoms with Crippen molar-refractivity contribution in [1.82, 2.24) is 16.0 Å². The number of aliphatic carboxylic acids is 2. The van der Waals surface area contributed by atoms with Gasteiger partial charge >= 0.3 is 11.9 Å². The fraction of sp³-hybridized carbons (Fsp3) is 0.500. The van der Waals surface area contributed by atoms with Crippen molar-refractivity contribution in [2.45, 2.75) is 49.9 Å². The predicted octanol–water partition coefficient (Wildman–Crippen LogP) is -1.59. The van der Waals surface area contributed by atoms with Gasteiger partial charge in [-0.25, -0.2) is 4.79 Å². The Kier molecular flexibility index (Phi) is 13.3. The molecule has 0 bridgehead atoms. The minimum atomic E-state index is -1.63. The molecule has 0 spiro atoms. The number of carbonyl (C=O) groups is 5. The molecule has 200 valence electrons. The molecule has 4 atom stereocenters. The van der Waals surface area contributed by atoms with Crippen LogP contribution in [-0.4, -0.2) is 92.9 Å².